The number of aryl methyl sites for hydroxylation is 1. The van der Waals surface area contributed by atoms with Gasteiger partial charge in [-0.05, 0) is 31.4 Å². The Labute approximate surface area is 162 Å². The maximum absolute atomic E-state index is 12.7. The number of nitrogens with one attached hydrogen (secondary N) is 1. The summed E-state index contributed by atoms with van der Waals surface area (Å²) in [6.45, 7) is 2.15. The zero-order valence-electron chi connectivity index (χ0n) is 15.7. The molecule has 3 aromatic rings. The SMILES string of the molecule is O=C(CCCn1ccnc1)N1CCCC(c2n[nH]c(=O)n2-c2ccccc2)C1. The summed E-state index contributed by atoms with van der Waals surface area (Å²) in [4.78, 5) is 30.9. The number of nitrogens with zero attached hydrogens (tertiary/aromatic N) is 5. The van der Waals surface area contributed by atoms with Gasteiger partial charge in [-0.25, -0.2) is 19.4 Å². The molecule has 1 unspecified atom stereocenters. The second kappa shape index (κ2) is 8.24. The lowest BCUT2D eigenvalue weighted by molar-refractivity contribution is -0.132. The van der Waals surface area contributed by atoms with Gasteiger partial charge in [-0.15, -0.1) is 0 Å². The number of likely N-dealkylation sites (tertiary alicyclic amines) is 1. The quantitative estimate of drug-likeness (QED) is 0.708. The van der Waals surface area contributed by atoms with E-state index in [0.717, 1.165) is 38.0 Å². The van der Waals surface area contributed by atoms with E-state index in [-0.39, 0.29) is 17.5 Å². The fraction of sp³-hybridized carbons (Fsp3) is 0.400. The van der Waals surface area contributed by atoms with Crippen LogP contribution in [0.3, 0.4) is 0 Å². The molecule has 1 aliphatic heterocycles. The molecule has 4 rings (SSSR count). The molecule has 146 valence electrons. The molecule has 1 saturated heterocycles. The molecule has 8 heteroatoms. The zero-order chi connectivity index (χ0) is 19.3. The minimum atomic E-state index is -0.245. The van der Waals surface area contributed by atoms with Gasteiger partial charge in [0.05, 0.1) is 12.0 Å². The van der Waals surface area contributed by atoms with Gasteiger partial charge < -0.3 is 9.47 Å². The van der Waals surface area contributed by atoms with E-state index < -0.39 is 0 Å². The summed E-state index contributed by atoms with van der Waals surface area (Å²) in [7, 11) is 0. The number of H-pyrrole nitrogens is 1. The van der Waals surface area contributed by atoms with Crippen molar-refractivity contribution in [2.75, 3.05) is 13.1 Å². The molecule has 28 heavy (non-hydrogen) atoms. The molecule has 0 saturated carbocycles. The molecule has 1 N–H and O–H groups in total. The Morgan fingerprint density at radius 2 is 2.11 bits per heavy atom. The fourth-order valence-corrected chi connectivity index (χ4v) is 3.81. The van der Waals surface area contributed by atoms with Crippen LogP contribution in [0, 0.1) is 0 Å². The third-order valence-electron chi connectivity index (χ3n) is 5.22. The van der Waals surface area contributed by atoms with Crippen LogP contribution in [0.5, 0.6) is 0 Å². The summed E-state index contributed by atoms with van der Waals surface area (Å²) in [5.74, 6) is 0.909. The Balaban J connectivity index is 1.43. The van der Waals surface area contributed by atoms with Gasteiger partial charge in [0, 0.05) is 44.4 Å². The van der Waals surface area contributed by atoms with Gasteiger partial charge in [-0.3, -0.25) is 4.79 Å². The largest absolute Gasteiger partial charge is 0.347 e. The molecule has 2 aromatic heterocycles. The fourth-order valence-electron chi connectivity index (χ4n) is 3.81. The van der Waals surface area contributed by atoms with E-state index in [1.807, 2.05) is 46.0 Å². The Hall–Kier alpha value is -3.16. The molecule has 3 heterocycles. The van der Waals surface area contributed by atoms with E-state index in [1.54, 1.807) is 17.1 Å². The van der Waals surface area contributed by atoms with E-state index >= 15 is 0 Å². The minimum absolute atomic E-state index is 0.0468. The first-order valence-corrected chi connectivity index (χ1v) is 9.68. The van der Waals surface area contributed by atoms with Crippen molar-refractivity contribution in [3.05, 3.63) is 65.4 Å². The van der Waals surface area contributed by atoms with Crippen molar-refractivity contribution < 1.29 is 4.79 Å². The number of para-hydroxylation sites is 1. The van der Waals surface area contributed by atoms with Crippen LogP contribution in [0.2, 0.25) is 0 Å². The summed E-state index contributed by atoms with van der Waals surface area (Å²) in [5.41, 5.74) is 0.546. The van der Waals surface area contributed by atoms with Crippen LogP contribution in [0.25, 0.3) is 5.69 Å². The van der Waals surface area contributed by atoms with Crippen molar-refractivity contribution in [1.29, 1.82) is 0 Å². The van der Waals surface area contributed by atoms with Crippen molar-refractivity contribution in [2.24, 2.45) is 0 Å². The van der Waals surface area contributed by atoms with Gasteiger partial charge in [-0.2, -0.15) is 5.10 Å². The number of aromatic nitrogens is 5. The van der Waals surface area contributed by atoms with Crippen LogP contribution < -0.4 is 5.69 Å². The van der Waals surface area contributed by atoms with Crippen LogP contribution >= 0.6 is 0 Å². The van der Waals surface area contributed by atoms with E-state index in [4.69, 9.17) is 0 Å². The summed E-state index contributed by atoms with van der Waals surface area (Å²) in [5, 5.41) is 6.85. The van der Waals surface area contributed by atoms with E-state index in [0.29, 0.717) is 18.8 Å². The van der Waals surface area contributed by atoms with Gasteiger partial charge in [0.15, 0.2) is 0 Å². The van der Waals surface area contributed by atoms with Crippen molar-refractivity contribution >= 4 is 5.91 Å². The van der Waals surface area contributed by atoms with Crippen molar-refractivity contribution in [2.45, 2.75) is 38.1 Å². The molecule has 1 fully saturated rings. The Bertz CT molecular complexity index is 960. The third kappa shape index (κ3) is 3.90. The Morgan fingerprint density at radius 3 is 2.89 bits per heavy atom. The summed E-state index contributed by atoms with van der Waals surface area (Å²) in [6, 6.07) is 9.49. The summed E-state index contributed by atoms with van der Waals surface area (Å²) < 4.78 is 3.60. The Kier molecular flexibility index (Phi) is 5.36. The van der Waals surface area contributed by atoms with Crippen LogP contribution in [0.15, 0.2) is 53.8 Å². The van der Waals surface area contributed by atoms with Crippen molar-refractivity contribution in [1.82, 2.24) is 29.2 Å². The summed E-state index contributed by atoms with van der Waals surface area (Å²) >= 11 is 0. The number of aromatic amines is 1. The molecule has 1 atom stereocenters. The molecular formula is C20H24N6O2. The van der Waals surface area contributed by atoms with Gasteiger partial charge in [0.2, 0.25) is 5.91 Å². The van der Waals surface area contributed by atoms with Crippen molar-refractivity contribution in [3.8, 4) is 5.69 Å². The topological polar surface area (TPSA) is 88.8 Å². The van der Waals surface area contributed by atoms with Crippen LogP contribution in [-0.2, 0) is 11.3 Å². The highest BCUT2D eigenvalue weighted by Gasteiger charge is 2.28. The smallest absolute Gasteiger partial charge is 0.342 e. The van der Waals surface area contributed by atoms with Gasteiger partial charge in [0.25, 0.3) is 0 Å². The third-order valence-corrected chi connectivity index (χ3v) is 5.22. The number of benzene rings is 1. The van der Waals surface area contributed by atoms with Crippen LogP contribution in [0.4, 0.5) is 0 Å². The lowest BCUT2D eigenvalue weighted by Gasteiger charge is -2.32. The molecule has 0 spiro atoms. The normalized spacial score (nSPS) is 17.0. The average Bonchev–Trinajstić information content (AvgIpc) is 3.38. The van der Waals surface area contributed by atoms with E-state index in [9.17, 15) is 9.59 Å². The summed E-state index contributed by atoms with van der Waals surface area (Å²) in [6.07, 6.45) is 8.53. The molecule has 0 bridgehead atoms. The number of carbonyl (C=O) groups is 1. The van der Waals surface area contributed by atoms with Crippen molar-refractivity contribution in [3.63, 3.8) is 0 Å². The highest BCUT2D eigenvalue weighted by Crippen LogP contribution is 2.26. The van der Waals surface area contributed by atoms with Gasteiger partial charge in [0.1, 0.15) is 5.82 Å². The molecule has 1 amide bonds. The first-order valence-electron chi connectivity index (χ1n) is 9.68. The first kappa shape index (κ1) is 18.2. The van der Waals surface area contributed by atoms with Gasteiger partial charge in [-0.1, -0.05) is 18.2 Å². The second-order valence-electron chi connectivity index (χ2n) is 7.14. The predicted octanol–water partition coefficient (Wildman–Crippen LogP) is 1.94. The Morgan fingerprint density at radius 1 is 1.25 bits per heavy atom. The maximum Gasteiger partial charge on any atom is 0.347 e. The van der Waals surface area contributed by atoms with E-state index in [2.05, 4.69) is 15.2 Å². The number of imidazole rings is 1. The molecule has 0 radical (unpaired) electrons. The van der Waals surface area contributed by atoms with Gasteiger partial charge >= 0.3 is 5.69 Å². The number of hydrogen-bond acceptors (Lipinski definition) is 4. The highest BCUT2D eigenvalue weighted by atomic mass is 16.2. The minimum Gasteiger partial charge on any atom is -0.342 e. The average molecular weight is 380 g/mol. The molecule has 1 aromatic carbocycles. The lowest BCUT2D eigenvalue weighted by Crippen LogP contribution is -2.40. The molecular weight excluding hydrogens is 356 g/mol. The van der Waals surface area contributed by atoms with Crippen LogP contribution in [-0.4, -0.2) is 48.2 Å². The number of rotatable bonds is 6. The number of carbonyl (C=O) groups excluding carboxylic acids is 1. The second-order valence-corrected chi connectivity index (χ2v) is 7.14. The first-order chi connectivity index (χ1) is 13.7. The highest BCUT2D eigenvalue weighted by molar-refractivity contribution is 5.76. The standard InChI is InChI=1S/C20H24N6O2/c27-18(9-5-11-24-13-10-21-15-24)25-12-4-6-16(14-25)19-22-23-20(28)26(19)17-7-2-1-3-8-17/h1-3,7-8,10,13,15-16H,4-6,9,11-12,14H2,(H,23,28). The zero-order valence-corrected chi connectivity index (χ0v) is 15.7. The molecule has 1 aliphatic rings. The lowest BCUT2D eigenvalue weighted by atomic mass is 9.96. The molecule has 0 aliphatic carbocycles. The molecule has 8 nitrogen and oxygen atoms in total. The van der Waals surface area contributed by atoms with Crippen LogP contribution in [0.1, 0.15) is 37.4 Å². The number of amides is 1. The number of piperidine rings is 1. The van der Waals surface area contributed by atoms with E-state index in [1.165, 1.54) is 0 Å². The predicted molar refractivity (Wildman–Crippen MR) is 104 cm³/mol. The number of hydrogen-bond donors (Lipinski definition) is 1. The monoisotopic (exact) mass is 380 g/mol. The maximum atomic E-state index is 12.7.